The number of carbonyl (C=O) groups is 4. The molecule has 3 amide bonds. The molecule has 3 aromatic carbocycles. The van der Waals surface area contributed by atoms with Gasteiger partial charge in [0, 0.05) is 45.2 Å². The number of fused-ring (bicyclic) bond motifs is 1. The number of carboxylic acid groups (broad SMARTS) is 1. The van der Waals surface area contributed by atoms with Crippen molar-refractivity contribution >= 4 is 46.9 Å². The Bertz CT molecular complexity index is 1480. The van der Waals surface area contributed by atoms with Crippen LogP contribution in [0.3, 0.4) is 0 Å². The molecule has 0 unspecified atom stereocenters. The van der Waals surface area contributed by atoms with Crippen LogP contribution in [0.25, 0.3) is 0 Å². The smallest absolute Gasteiger partial charge is 0.317 e. The van der Waals surface area contributed by atoms with E-state index in [0.29, 0.717) is 24.1 Å². The van der Waals surface area contributed by atoms with E-state index in [1.165, 1.54) is 23.1 Å². The predicted octanol–water partition coefficient (Wildman–Crippen LogP) is 5.45. The van der Waals surface area contributed by atoms with Crippen molar-refractivity contribution in [2.24, 2.45) is 5.92 Å². The Morgan fingerprint density at radius 3 is 2.46 bits per heavy atom. The summed E-state index contributed by atoms with van der Waals surface area (Å²) in [5, 5.41) is 12.2. The normalized spacial score (nSPS) is 13.4. The minimum absolute atomic E-state index is 0.00650. The third kappa shape index (κ3) is 7.23. The van der Waals surface area contributed by atoms with Crippen molar-refractivity contribution in [2.75, 3.05) is 20.1 Å². The van der Waals surface area contributed by atoms with E-state index in [1.807, 2.05) is 30.3 Å². The summed E-state index contributed by atoms with van der Waals surface area (Å²) in [5.74, 6) is -3.87. The summed E-state index contributed by atoms with van der Waals surface area (Å²) in [6.45, 7) is 0.519. The highest BCUT2D eigenvalue weighted by Gasteiger charge is 2.32. The molecule has 0 saturated carbocycles. The van der Waals surface area contributed by atoms with Crippen molar-refractivity contribution in [3.8, 4) is 0 Å². The van der Waals surface area contributed by atoms with Gasteiger partial charge in [0.05, 0.1) is 21.5 Å². The van der Waals surface area contributed by atoms with Crippen LogP contribution in [0.2, 0.25) is 10.0 Å². The van der Waals surface area contributed by atoms with Crippen molar-refractivity contribution in [1.82, 2.24) is 15.1 Å². The molecule has 0 radical (unpaired) electrons. The average molecular weight is 600 g/mol. The summed E-state index contributed by atoms with van der Waals surface area (Å²) in [5.41, 5.74) is 2.16. The van der Waals surface area contributed by atoms with Crippen molar-refractivity contribution in [3.63, 3.8) is 0 Å². The van der Waals surface area contributed by atoms with E-state index in [9.17, 15) is 28.7 Å². The average Bonchev–Trinajstić information content (AvgIpc) is 2.93. The number of benzene rings is 3. The van der Waals surface area contributed by atoms with Gasteiger partial charge in [-0.1, -0.05) is 65.7 Å². The Balaban J connectivity index is 1.44. The van der Waals surface area contributed by atoms with Gasteiger partial charge < -0.3 is 20.2 Å². The Labute approximate surface area is 246 Å². The summed E-state index contributed by atoms with van der Waals surface area (Å²) in [4.78, 5) is 53.8. The second kappa shape index (κ2) is 13.1. The van der Waals surface area contributed by atoms with E-state index in [2.05, 4.69) is 5.32 Å². The van der Waals surface area contributed by atoms with E-state index >= 15 is 0 Å². The summed E-state index contributed by atoms with van der Waals surface area (Å²) < 4.78 is 13.6. The predicted molar refractivity (Wildman–Crippen MR) is 153 cm³/mol. The number of halogens is 3. The molecule has 0 aliphatic carbocycles. The van der Waals surface area contributed by atoms with E-state index < -0.39 is 35.9 Å². The number of nitrogens with one attached hydrogen (secondary N) is 1. The standard InChI is InChI=1S/C30H28Cl2FN3O5/c1-35(16-18-6-3-2-4-7-18)30(41)34-15-20(29(39)40)13-25(37)26-24(31)14-23-22(27(26)32)10-11-36(28(23)38)17-19-8-5-9-21(33)12-19/h2-9,12,14,20H,10-11,13,15-17H2,1H3,(H,34,41)(H,39,40)/t20-/m0/s1. The van der Waals surface area contributed by atoms with Gasteiger partial charge in [0.1, 0.15) is 5.82 Å². The molecule has 0 bridgehead atoms. The van der Waals surface area contributed by atoms with Crippen molar-refractivity contribution in [2.45, 2.75) is 25.9 Å². The van der Waals surface area contributed by atoms with Crippen LogP contribution < -0.4 is 5.32 Å². The number of nitrogens with zero attached hydrogens (tertiary/aromatic N) is 2. The van der Waals surface area contributed by atoms with Crippen molar-refractivity contribution < 1.29 is 28.7 Å². The zero-order valence-electron chi connectivity index (χ0n) is 22.2. The number of rotatable bonds is 10. The number of hydrogen-bond acceptors (Lipinski definition) is 4. The summed E-state index contributed by atoms with van der Waals surface area (Å²) in [7, 11) is 1.58. The molecule has 0 aromatic heterocycles. The first-order chi connectivity index (χ1) is 19.5. The fourth-order valence-corrected chi connectivity index (χ4v) is 5.48. The molecule has 41 heavy (non-hydrogen) atoms. The van der Waals surface area contributed by atoms with Crippen molar-refractivity contribution in [1.29, 1.82) is 0 Å². The van der Waals surface area contributed by atoms with Gasteiger partial charge in [0.15, 0.2) is 5.78 Å². The minimum atomic E-state index is -1.27. The molecule has 1 aliphatic heterocycles. The zero-order chi connectivity index (χ0) is 29.7. The molecule has 1 heterocycles. The monoisotopic (exact) mass is 599 g/mol. The van der Waals surface area contributed by atoms with Gasteiger partial charge in [-0.25, -0.2) is 9.18 Å². The molecule has 0 spiro atoms. The molecule has 1 aliphatic rings. The molecular weight excluding hydrogens is 572 g/mol. The molecule has 8 nitrogen and oxygen atoms in total. The number of carboxylic acids is 1. The second-order valence-corrected chi connectivity index (χ2v) is 10.7. The molecule has 4 rings (SSSR count). The Kier molecular flexibility index (Phi) is 9.62. The van der Waals surface area contributed by atoms with Gasteiger partial charge in [-0.15, -0.1) is 0 Å². The number of aliphatic carboxylic acids is 1. The number of carbonyl (C=O) groups excluding carboxylic acids is 3. The summed E-state index contributed by atoms with van der Waals surface area (Å²) >= 11 is 13.0. The lowest BCUT2D eigenvalue weighted by Crippen LogP contribution is -2.41. The van der Waals surface area contributed by atoms with E-state index in [0.717, 1.165) is 5.56 Å². The van der Waals surface area contributed by atoms with Gasteiger partial charge in [-0.3, -0.25) is 14.4 Å². The number of hydrogen-bond donors (Lipinski definition) is 2. The maximum Gasteiger partial charge on any atom is 0.317 e. The highest BCUT2D eigenvalue weighted by atomic mass is 35.5. The molecule has 214 valence electrons. The van der Waals surface area contributed by atoms with Crippen molar-refractivity contribution in [3.05, 3.63) is 104 Å². The fraction of sp³-hybridized carbons (Fsp3) is 0.267. The van der Waals surface area contributed by atoms with Crippen LogP contribution in [0, 0.1) is 11.7 Å². The number of Topliss-reactive ketones (excluding diaryl/α,β-unsaturated/α-hetero) is 1. The highest BCUT2D eigenvalue weighted by molar-refractivity contribution is 6.41. The van der Waals surface area contributed by atoms with Gasteiger partial charge in [-0.05, 0) is 41.3 Å². The van der Waals surface area contributed by atoms with Crippen LogP contribution in [0.1, 0.15) is 43.8 Å². The fourth-order valence-electron chi connectivity index (χ4n) is 4.72. The minimum Gasteiger partial charge on any atom is -0.481 e. The number of urea groups is 1. The first kappa shape index (κ1) is 30.0. The SMILES string of the molecule is CN(Cc1ccccc1)C(=O)NC[C@H](CC(=O)c1c(Cl)cc2c(c1Cl)CCN(Cc1cccc(F)c1)C2=O)C(=O)O. The van der Waals surface area contributed by atoms with E-state index in [1.54, 1.807) is 24.1 Å². The molecular formula is C30H28Cl2FN3O5. The first-order valence-electron chi connectivity index (χ1n) is 12.9. The quantitative estimate of drug-likeness (QED) is 0.301. The molecule has 2 N–H and O–H groups in total. The summed E-state index contributed by atoms with van der Waals surface area (Å²) in [6.07, 6.45) is -0.130. The van der Waals surface area contributed by atoms with Gasteiger partial charge in [0.25, 0.3) is 5.91 Å². The number of ketones is 1. The molecule has 1 atom stereocenters. The summed E-state index contributed by atoms with van der Waals surface area (Å²) in [6, 6.07) is 16.1. The van der Waals surface area contributed by atoms with Crippen LogP contribution in [-0.4, -0.2) is 58.7 Å². The maximum absolute atomic E-state index is 13.6. The molecule has 0 saturated heterocycles. The van der Waals surface area contributed by atoms with E-state index in [-0.39, 0.29) is 46.7 Å². The van der Waals surface area contributed by atoms with Gasteiger partial charge in [-0.2, -0.15) is 0 Å². The largest absolute Gasteiger partial charge is 0.481 e. The third-order valence-electron chi connectivity index (χ3n) is 6.90. The zero-order valence-corrected chi connectivity index (χ0v) is 23.7. The Hall–Kier alpha value is -3.95. The second-order valence-electron chi connectivity index (χ2n) is 9.87. The molecule has 11 heteroatoms. The highest BCUT2D eigenvalue weighted by Crippen LogP contribution is 2.36. The maximum atomic E-state index is 13.6. The van der Waals surface area contributed by atoms with E-state index in [4.69, 9.17) is 23.2 Å². The van der Waals surface area contributed by atoms with Crippen LogP contribution in [0.15, 0.2) is 60.7 Å². The molecule has 0 fully saturated rings. The number of amides is 3. The van der Waals surface area contributed by atoms with Crippen LogP contribution in [-0.2, 0) is 24.3 Å². The van der Waals surface area contributed by atoms with Crippen LogP contribution in [0.4, 0.5) is 9.18 Å². The Morgan fingerprint density at radius 2 is 1.78 bits per heavy atom. The topological polar surface area (TPSA) is 107 Å². The van der Waals surface area contributed by atoms with Gasteiger partial charge in [0.2, 0.25) is 0 Å². The third-order valence-corrected chi connectivity index (χ3v) is 7.62. The van der Waals surface area contributed by atoms with Gasteiger partial charge >= 0.3 is 12.0 Å². The van der Waals surface area contributed by atoms with Crippen LogP contribution in [0.5, 0.6) is 0 Å². The molecule has 3 aromatic rings. The lowest BCUT2D eigenvalue weighted by Gasteiger charge is -2.30. The Morgan fingerprint density at radius 1 is 1.07 bits per heavy atom. The lowest BCUT2D eigenvalue weighted by molar-refractivity contribution is -0.141. The van der Waals surface area contributed by atoms with Crippen LogP contribution >= 0.6 is 23.2 Å². The first-order valence-corrected chi connectivity index (χ1v) is 13.6. The lowest BCUT2D eigenvalue weighted by atomic mass is 9.92.